The Balaban J connectivity index is 3.08. The zero-order valence-electron chi connectivity index (χ0n) is 8.03. The van der Waals surface area contributed by atoms with E-state index in [2.05, 4.69) is 0 Å². The molecule has 0 aliphatic heterocycles. The molecule has 4 heteroatoms. The van der Waals surface area contributed by atoms with Crippen molar-refractivity contribution >= 4 is 11.6 Å². The van der Waals surface area contributed by atoms with Crippen LogP contribution in [0.25, 0.3) is 0 Å². The van der Waals surface area contributed by atoms with Crippen LogP contribution in [0.2, 0.25) is 5.02 Å². The summed E-state index contributed by atoms with van der Waals surface area (Å²) < 4.78 is 5.16. The first kappa shape index (κ1) is 11.3. The molecule has 0 spiro atoms. The number of rotatable bonds is 4. The Hall–Kier alpha value is -0.770. The summed E-state index contributed by atoms with van der Waals surface area (Å²) in [6.07, 6.45) is 0. The summed E-state index contributed by atoms with van der Waals surface area (Å²) in [6.45, 7) is 0.362. The normalized spacial score (nSPS) is 12.6. The summed E-state index contributed by atoms with van der Waals surface area (Å²) >= 11 is 5.85. The van der Waals surface area contributed by atoms with Gasteiger partial charge in [0, 0.05) is 23.0 Å². The van der Waals surface area contributed by atoms with E-state index in [1.54, 1.807) is 25.3 Å². The van der Waals surface area contributed by atoms with Crippen molar-refractivity contribution < 1.29 is 9.84 Å². The number of nitrogens with two attached hydrogens (primary N) is 1. The fourth-order valence-corrected chi connectivity index (χ4v) is 1.50. The maximum absolute atomic E-state index is 9.11. The number of aliphatic hydroxyl groups excluding tert-OH is 1. The number of hydrogen-bond donors (Lipinski definition) is 2. The van der Waals surface area contributed by atoms with E-state index in [9.17, 15) is 0 Å². The molecule has 0 saturated heterocycles. The van der Waals surface area contributed by atoms with Crippen molar-refractivity contribution in [3.05, 3.63) is 28.8 Å². The summed E-state index contributed by atoms with van der Waals surface area (Å²) in [5.74, 6) is 0.586. The van der Waals surface area contributed by atoms with Gasteiger partial charge in [-0.2, -0.15) is 0 Å². The van der Waals surface area contributed by atoms with Crippen LogP contribution in [-0.4, -0.2) is 25.4 Å². The molecule has 0 aliphatic rings. The fourth-order valence-electron chi connectivity index (χ4n) is 1.32. The van der Waals surface area contributed by atoms with Gasteiger partial charge >= 0.3 is 0 Å². The van der Waals surface area contributed by atoms with Crippen LogP contribution in [0.5, 0.6) is 5.75 Å². The zero-order chi connectivity index (χ0) is 10.6. The summed E-state index contributed by atoms with van der Waals surface area (Å²) in [5.41, 5.74) is 6.38. The van der Waals surface area contributed by atoms with Crippen LogP contribution in [-0.2, 0) is 0 Å². The highest BCUT2D eigenvalue weighted by atomic mass is 35.5. The molecule has 0 fully saturated rings. The van der Waals surface area contributed by atoms with Crippen LogP contribution in [0, 0.1) is 0 Å². The Morgan fingerprint density at radius 3 is 2.79 bits per heavy atom. The van der Waals surface area contributed by atoms with Gasteiger partial charge in [-0.15, -0.1) is 0 Å². The molecule has 0 bridgehead atoms. The molecular formula is C10H14ClNO2. The standard InChI is InChI=1S/C10H14ClNO2/c1-14-10-3-2-8(11)4-9(10)7(5-12)6-13/h2-4,7,13H,5-6,12H2,1H3. The molecule has 1 rings (SSSR count). The first-order valence-electron chi connectivity index (χ1n) is 4.37. The summed E-state index contributed by atoms with van der Waals surface area (Å²) in [4.78, 5) is 0. The third kappa shape index (κ3) is 2.38. The molecule has 1 atom stereocenters. The fraction of sp³-hybridized carbons (Fsp3) is 0.400. The third-order valence-corrected chi connectivity index (χ3v) is 2.37. The monoisotopic (exact) mass is 215 g/mol. The Morgan fingerprint density at radius 2 is 2.29 bits per heavy atom. The van der Waals surface area contributed by atoms with E-state index in [-0.39, 0.29) is 12.5 Å². The Kier molecular flexibility index (Phi) is 4.20. The van der Waals surface area contributed by atoms with Crippen LogP contribution in [0.3, 0.4) is 0 Å². The summed E-state index contributed by atoms with van der Waals surface area (Å²) in [7, 11) is 1.58. The second-order valence-electron chi connectivity index (χ2n) is 3.00. The smallest absolute Gasteiger partial charge is 0.122 e. The highest BCUT2D eigenvalue weighted by Crippen LogP contribution is 2.28. The van der Waals surface area contributed by atoms with Crippen molar-refractivity contribution in [2.45, 2.75) is 5.92 Å². The molecule has 0 radical (unpaired) electrons. The van der Waals surface area contributed by atoms with E-state index in [0.29, 0.717) is 17.3 Å². The highest BCUT2D eigenvalue weighted by molar-refractivity contribution is 6.30. The van der Waals surface area contributed by atoms with Gasteiger partial charge in [0.05, 0.1) is 13.7 Å². The Labute approximate surface area is 88.4 Å². The first-order valence-corrected chi connectivity index (χ1v) is 4.75. The van der Waals surface area contributed by atoms with E-state index in [4.69, 9.17) is 27.2 Å². The number of aliphatic hydroxyl groups is 1. The lowest BCUT2D eigenvalue weighted by Gasteiger charge is -2.15. The number of benzene rings is 1. The molecule has 0 saturated carbocycles. The van der Waals surface area contributed by atoms with E-state index < -0.39 is 0 Å². The van der Waals surface area contributed by atoms with Gasteiger partial charge in [-0.1, -0.05) is 11.6 Å². The molecule has 0 aliphatic carbocycles. The van der Waals surface area contributed by atoms with E-state index >= 15 is 0 Å². The SMILES string of the molecule is COc1ccc(Cl)cc1C(CN)CO. The van der Waals surface area contributed by atoms with Gasteiger partial charge < -0.3 is 15.6 Å². The molecular weight excluding hydrogens is 202 g/mol. The van der Waals surface area contributed by atoms with Gasteiger partial charge in [-0.05, 0) is 18.2 Å². The van der Waals surface area contributed by atoms with Crippen LogP contribution in [0.15, 0.2) is 18.2 Å². The average Bonchev–Trinajstić information content (AvgIpc) is 2.20. The van der Waals surface area contributed by atoms with Gasteiger partial charge in [0.1, 0.15) is 5.75 Å². The molecule has 3 N–H and O–H groups in total. The highest BCUT2D eigenvalue weighted by Gasteiger charge is 2.13. The van der Waals surface area contributed by atoms with Gasteiger partial charge in [0.15, 0.2) is 0 Å². The van der Waals surface area contributed by atoms with E-state index in [1.807, 2.05) is 0 Å². The molecule has 0 heterocycles. The summed E-state index contributed by atoms with van der Waals surface area (Å²) in [5, 5.41) is 9.73. The minimum Gasteiger partial charge on any atom is -0.496 e. The number of hydrogen-bond acceptors (Lipinski definition) is 3. The molecule has 3 nitrogen and oxygen atoms in total. The Morgan fingerprint density at radius 1 is 1.57 bits per heavy atom. The first-order chi connectivity index (χ1) is 6.72. The molecule has 1 aromatic rings. The average molecular weight is 216 g/mol. The van der Waals surface area contributed by atoms with Crippen molar-refractivity contribution in [3.63, 3.8) is 0 Å². The van der Waals surface area contributed by atoms with E-state index in [0.717, 1.165) is 5.56 Å². The molecule has 1 unspecified atom stereocenters. The number of halogens is 1. The van der Waals surface area contributed by atoms with Crippen LogP contribution >= 0.6 is 11.6 Å². The van der Waals surface area contributed by atoms with Crippen LogP contribution in [0.1, 0.15) is 11.5 Å². The second kappa shape index (κ2) is 5.20. The van der Waals surface area contributed by atoms with Crippen LogP contribution in [0.4, 0.5) is 0 Å². The zero-order valence-corrected chi connectivity index (χ0v) is 8.79. The van der Waals surface area contributed by atoms with Crippen molar-refractivity contribution in [3.8, 4) is 5.75 Å². The van der Waals surface area contributed by atoms with Crippen molar-refractivity contribution in [2.24, 2.45) is 5.73 Å². The van der Waals surface area contributed by atoms with Gasteiger partial charge in [-0.25, -0.2) is 0 Å². The quantitative estimate of drug-likeness (QED) is 0.798. The molecule has 78 valence electrons. The number of ether oxygens (including phenoxy) is 1. The van der Waals surface area contributed by atoms with Gasteiger partial charge in [-0.3, -0.25) is 0 Å². The number of methoxy groups -OCH3 is 1. The lowest BCUT2D eigenvalue weighted by molar-refractivity contribution is 0.264. The van der Waals surface area contributed by atoms with Crippen molar-refractivity contribution in [1.82, 2.24) is 0 Å². The largest absolute Gasteiger partial charge is 0.496 e. The van der Waals surface area contributed by atoms with Crippen molar-refractivity contribution in [1.29, 1.82) is 0 Å². The predicted octanol–water partition coefficient (Wildman–Crippen LogP) is 1.38. The minimum atomic E-state index is -0.122. The van der Waals surface area contributed by atoms with Crippen LogP contribution < -0.4 is 10.5 Å². The lowest BCUT2D eigenvalue weighted by atomic mass is 9.99. The molecule has 0 aromatic heterocycles. The predicted molar refractivity (Wildman–Crippen MR) is 56.9 cm³/mol. The summed E-state index contributed by atoms with van der Waals surface area (Å²) in [6, 6.07) is 5.29. The topological polar surface area (TPSA) is 55.5 Å². The maximum Gasteiger partial charge on any atom is 0.122 e. The van der Waals surface area contributed by atoms with Gasteiger partial charge in [0.2, 0.25) is 0 Å². The molecule has 0 amide bonds. The molecule has 1 aromatic carbocycles. The Bertz CT molecular complexity index is 300. The van der Waals surface area contributed by atoms with Gasteiger partial charge in [0.25, 0.3) is 0 Å². The third-order valence-electron chi connectivity index (χ3n) is 2.14. The maximum atomic E-state index is 9.11. The van der Waals surface area contributed by atoms with E-state index in [1.165, 1.54) is 0 Å². The molecule has 14 heavy (non-hydrogen) atoms. The second-order valence-corrected chi connectivity index (χ2v) is 3.44. The van der Waals surface area contributed by atoms with Crippen molar-refractivity contribution in [2.75, 3.05) is 20.3 Å². The lowest BCUT2D eigenvalue weighted by Crippen LogP contribution is -2.16. The minimum absolute atomic E-state index is 0.00674.